The lowest BCUT2D eigenvalue weighted by molar-refractivity contribution is -0.138. The number of aromatic nitrogens is 3. The van der Waals surface area contributed by atoms with Crippen molar-refractivity contribution in [3.63, 3.8) is 0 Å². The molecule has 0 bridgehead atoms. The molecule has 1 amide bonds. The van der Waals surface area contributed by atoms with Gasteiger partial charge in [0.1, 0.15) is 6.04 Å². The molecule has 0 unspecified atom stereocenters. The highest BCUT2D eigenvalue weighted by molar-refractivity contribution is 5.82. The Morgan fingerprint density at radius 2 is 1.87 bits per heavy atom. The third kappa shape index (κ3) is 7.13. The van der Waals surface area contributed by atoms with E-state index in [9.17, 15) is 19.5 Å². The van der Waals surface area contributed by atoms with E-state index in [1.54, 1.807) is 24.7 Å². The summed E-state index contributed by atoms with van der Waals surface area (Å²) < 4.78 is 1.53. The Labute approximate surface area is 223 Å². The lowest BCUT2D eigenvalue weighted by Crippen LogP contribution is -2.41. The highest BCUT2D eigenvalue weighted by Crippen LogP contribution is 2.29. The van der Waals surface area contributed by atoms with Crippen LogP contribution < -0.4 is 10.9 Å². The number of hydrogen-bond acceptors (Lipinski definition) is 6. The van der Waals surface area contributed by atoms with E-state index in [0.717, 1.165) is 22.4 Å². The molecule has 3 heterocycles. The van der Waals surface area contributed by atoms with Crippen LogP contribution in [0.4, 0.5) is 0 Å². The van der Waals surface area contributed by atoms with Crippen molar-refractivity contribution in [1.82, 2.24) is 24.8 Å². The topological polar surface area (TPSA) is 117 Å². The summed E-state index contributed by atoms with van der Waals surface area (Å²) in [6.07, 6.45) is 5.11. The predicted octanol–water partition coefficient (Wildman–Crippen LogP) is 3.90. The highest BCUT2D eigenvalue weighted by atomic mass is 16.4. The zero-order valence-corrected chi connectivity index (χ0v) is 22.9. The summed E-state index contributed by atoms with van der Waals surface area (Å²) in [7, 11) is 3.79. The summed E-state index contributed by atoms with van der Waals surface area (Å²) >= 11 is 0. The van der Waals surface area contributed by atoms with Crippen LogP contribution in [0.3, 0.4) is 0 Å². The van der Waals surface area contributed by atoms with E-state index < -0.39 is 24.0 Å². The molecule has 3 rings (SSSR count). The second kappa shape index (κ2) is 12.6. The highest BCUT2D eigenvalue weighted by Gasteiger charge is 2.28. The number of amides is 1. The molecule has 9 heteroatoms. The van der Waals surface area contributed by atoms with Crippen molar-refractivity contribution in [2.75, 3.05) is 14.1 Å². The average molecular weight is 520 g/mol. The molecule has 38 heavy (non-hydrogen) atoms. The lowest BCUT2D eigenvalue weighted by Gasteiger charge is -2.27. The van der Waals surface area contributed by atoms with Gasteiger partial charge in [-0.15, -0.1) is 0 Å². The Morgan fingerprint density at radius 3 is 2.50 bits per heavy atom. The van der Waals surface area contributed by atoms with Gasteiger partial charge in [0.25, 0.3) is 5.56 Å². The van der Waals surface area contributed by atoms with Crippen molar-refractivity contribution in [2.24, 2.45) is 5.92 Å². The van der Waals surface area contributed by atoms with Crippen LogP contribution in [-0.4, -0.2) is 50.5 Å². The number of aryl methyl sites for hydroxylation is 2. The van der Waals surface area contributed by atoms with E-state index in [2.05, 4.69) is 15.3 Å². The Hall–Kier alpha value is -3.85. The summed E-state index contributed by atoms with van der Waals surface area (Å²) in [5, 5.41) is 12.6. The largest absolute Gasteiger partial charge is 0.481 e. The van der Waals surface area contributed by atoms with Gasteiger partial charge in [0, 0.05) is 53.7 Å². The molecule has 0 aliphatic carbocycles. The normalized spacial score (nSPS) is 12.9. The van der Waals surface area contributed by atoms with Gasteiger partial charge in [-0.05, 0) is 69.6 Å². The van der Waals surface area contributed by atoms with Crippen LogP contribution in [0.2, 0.25) is 0 Å². The van der Waals surface area contributed by atoms with Crippen molar-refractivity contribution in [1.29, 1.82) is 0 Å². The Kier molecular flexibility index (Phi) is 9.52. The van der Waals surface area contributed by atoms with Crippen LogP contribution in [0.25, 0.3) is 11.1 Å². The fourth-order valence-electron chi connectivity index (χ4n) is 4.74. The summed E-state index contributed by atoms with van der Waals surface area (Å²) in [6, 6.07) is 7.09. The van der Waals surface area contributed by atoms with Crippen LogP contribution in [0.15, 0.2) is 53.7 Å². The molecule has 0 aliphatic rings. The lowest BCUT2D eigenvalue weighted by atomic mass is 9.96. The maximum atomic E-state index is 13.8. The van der Waals surface area contributed by atoms with Crippen LogP contribution in [0.1, 0.15) is 61.3 Å². The van der Waals surface area contributed by atoms with Crippen LogP contribution >= 0.6 is 0 Å². The summed E-state index contributed by atoms with van der Waals surface area (Å²) in [5.74, 6) is -1.35. The van der Waals surface area contributed by atoms with E-state index in [-0.39, 0.29) is 17.9 Å². The average Bonchev–Trinajstić information content (AvgIpc) is 2.82. The molecular weight excluding hydrogens is 482 g/mol. The quantitative estimate of drug-likeness (QED) is 0.394. The van der Waals surface area contributed by atoms with Gasteiger partial charge in [-0.25, -0.2) is 0 Å². The van der Waals surface area contributed by atoms with Crippen molar-refractivity contribution >= 4 is 11.9 Å². The fourth-order valence-corrected chi connectivity index (χ4v) is 4.74. The molecule has 9 nitrogen and oxygen atoms in total. The first-order valence-electron chi connectivity index (χ1n) is 12.7. The molecule has 202 valence electrons. The van der Waals surface area contributed by atoms with Gasteiger partial charge in [-0.3, -0.25) is 28.9 Å². The monoisotopic (exact) mass is 519 g/mol. The zero-order valence-electron chi connectivity index (χ0n) is 22.9. The predicted molar refractivity (Wildman–Crippen MR) is 147 cm³/mol. The molecule has 0 aromatic carbocycles. The first-order chi connectivity index (χ1) is 18.0. The smallest absolute Gasteiger partial charge is 0.305 e. The Morgan fingerprint density at radius 1 is 1.13 bits per heavy atom. The molecule has 0 saturated heterocycles. The third-order valence-electron chi connectivity index (χ3n) is 6.36. The molecule has 2 atom stereocenters. The number of nitrogens with one attached hydrogen (secondary N) is 1. The molecule has 2 N–H and O–H groups in total. The molecule has 0 fully saturated rings. The van der Waals surface area contributed by atoms with Gasteiger partial charge in [0.05, 0.1) is 12.5 Å². The minimum atomic E-state index is -1.06. The summed E-state index contributed by atoms with van der Waals surface area (Å²) in [5.41, 5.74) is 4.57. The van der Waals surface area contributed by atoms with Crippen LogP contribution in [0, 0.1) is 19.8 Å². The number of rotatable bonds is 11. The Bertz CT molecular complexity index is 1330. The van der Waals surface area contributed by atoms with Crippen molar-refractivity contribution in [3.05, 3.63) is 81.8 Å². The molecule has 0 saturated carbocycles. The van der Waals surface area contributed by atoms with Crippen LogP contribution in [-0.2, 0) is 16.1 Å². The first kappa shape index (κ1) is 28.7. The van der Waals surface area contributed by atoms with E-state index in [0.29, 0.717) is 24.2 Å². The van der Waals surface area contributed by atoms with Crippen LogP contribution in [0.5, 0.6) is 0 Å². The van der Waals surface area contributed by atoms with Gasteiger partial charge in [0.2, 0.25) is 5.91 Å². The van der Waals surface area contributed by atoms with Gasteiger partial charge in [0.15, 0.2) is 0 Å². The number of aliphatic carboxylic acids is 1. The number of hydrogen-bond donors (Lipinski definition) is 2. The second-order valence-electron chi connectivity index (χ2n) is 10.4. The van der Waals surface area contributed by atoms with Crippen molar-refractivity contribution in [3.8, 4) is 11.1 Å². The Balaban J connectivity index is 2.03. The van der Waals surface area contributed by atoms with Crippen molar-refractivity contribution in [2.45, 2.75) is 59.2 Å². The number of pyridine rings is 3. The molecule has 3 aromatic rings. The van der Waals surface area contributed by atoms with E-state index in [1.807, 2.05) is 64.9 Å². The molecular formula is C29H37N5O4. The van der Waals surface area contributed by atoms with Gasteiger partial charge in [-0.2, -0.15) is 0 Å². The zero-order chi connectivity index (χ0) is 28.0. The number of carbonyl (C=O) groups is 2. The maximum Gasteiger partial charge on any atom is 0.305 e. The van der Waals surface area contributed by atoms with E-state index in [1.165, 1.54) is 10.6 Å². The fraction of sp³-hybridized carbons (Fsp3) is 0.414. The maximum absolute atomic E-state index is 13.8. The van der Waals surface area contributed by atoms with Gasteiger partial charge >= 0.3 is 5.97 Å². The first-order valence-corrected chi connectivity index (χ1v) is 12.7. The van der Waals surface area contributed by atoms with E-state index >= 15 is 0 Å². The SMILES string of the molecule is Cc1ccnc(C)c1-c1cncc([C@H](CC(=O)O)NC(=O)[C@H](CC(C)C)n2c(CN(C)C)cccc2=O)c1. The van der Waals surface area contributed by atoms with Gasteiger partial charge in [-0.1, -0.05) is 19.9 Å². The van der Waals surface area contributed by atoms with Crippen molar-refractivity contribution < 1.29 is 14.7 Å². The summed E-state index contributed by atoms with van der Waals surface area (Å²) in [4.78, 5) is 49.3. The third-order valence-corrected chi connectivity index (χ3v) is 6.36. The minimum absolute atomic E-state index is 0.115. The van der Waals surface area contributed by atoms with Gasteiger partial charge < -0.3 is 15.3 Å². The standard InChI is InChI=1S/C29H37N5O4/c1-18(2)12-25(34-23(17-33(5)6)8-7-9-26(34)35)29(38)32-24(14-27(36)37)21-13-22(16-30-15-21)28-19(3)10-11-31-20(28)4/h7-11,13,15-16,18,24-25H,12,14,17H2,1-6H3,(H,32,38)(H,36,37)/t24-,25-/m0/s1. The minimum Gasteiger partial charge on any atom is -0.481 e. The molecule has 0 aliphatic heterocycles. The molecule has 0 radical (unpaired) electrons. The molecule has 0 spiro atoms. The number of carboxylic acid groups (broad SMARTS) is 1. The van der Waals surface area contributed by atoms with E-state index in [4.69, 9.17) is 0 Å². The number of nitrogens with zero attached hydrogens (tertiary/aromatic N) is 4. The number of carbonyl (C=O) groups excluding carboxylic acids is 1. The second-order valence-corrected chi connectivity index (χ2v) is 10.4. The number of carboxylic acids is 1. The molecule has 3 aromatic heterocycles. The summed E-state index contributed by atoms with van der Waals surface area (Å²) in [6.45, 7) is 8.34.